The van der Waals surface area contributed by atoms with Gasteiger partial charge < -0.3 is 10.1 Å². The van der Waals surface area contributed by atoms with E-state index in [-0.39, 0.29) is 18.5 Å². The van der Waals surface area contributed by atoms with E-state index in [9.17, 15) is 9.59 Å². The molecule has 0 radical (unpaired) electrons. The van der Waals surface area contributed by atoms with Crippen molar-refractivity contribution in [1.82, 2.24) is 10.2 Å². The SMILES string of the molecule is Cc1ccccc1OCC(=O)N1CCNC1=O. The van der Waals surface area contributed by atoms with Gasteiger partial charge in [-0.05, 0) is 18.6 Å². The van der Waals surface area contributed by atoms with E-state index in [2.05, 4.69) is 5.32 Å². The number of hydrogen-bond donors (Lipinski definition) is 1. The van der Waals surface area contributed by atoms with Gasteiger partial charge in [0.05, 0.1) is 0 Å². The summed E-state index contributed by atoms with van der Waals surface area (Å²) in [5.74, 6) is 0.351. The van der Waals surface area contributed by atoms with Gasteiger partial charge in [-0.15, -0.1) is 0 Å². The number of aryl methyl sites for hydroxylation is 1. The van der Waals surface area contributed by atoms with E-state index in [1.54, 1.807) is 6.07 Å². The van der Waals surface area contributed by atoms with Crippen LogP contribution in [0.25, 0.3) is 0 Å². The van der Waals surface area contributed by atoms with Crippen molar-refractivity contribution in [2.75, 3.05) is 19.7 Å². The van der Waals surface area contributed by atoms with Gasteiger partial charge in [0, 0.05) is 13.1 Å². The van der Waals surface area contributed by atoms with Gasteiger partial charge in [0.25, 0.3) is 5.91 Å². The average Bonchev–Trinajstić information content (AvgIpc) is 2.74. The smallest absolute Gasteiger partial charge is 0.324 e. The van der Waals surface area contributed by atoms with E-state index in [4.69, 9.17) is 4.74 Å². The number of nitrogens with zero attached hydrogens (tertiary/aromatic N) is 1. The molecular formula is C12H14N2O3. The van der Waals surface area contributed by atoms with E-state index in [0.29, 0.717) is 18.8 Å². The zero-order valence-electron chi connectivity index (χ0n) is 9.60. The summed E-state index contributed by atoms with van der Waals surface area (Å²) in [6, 6.07) is 7.10. The molecule has 1 fully saturated rings. The van der Waals surface area contributed by atoms with Gasteiger partial charge in [-0.2, -0.15) is 0 Å². The highest BCUT2D eigenvalue weighted by Gasteiger charge is 2.26. The molecule has 0 aromatic heterocycles. The van der Waals surface area contributed by atoms with Crippen molar-refractivity contribution in [3.8, 4) is 5.75 Å². The first-order chi connectivity index (χ1) is 8.18. The van der Waals surface area contributed by atoms with Crippen molar-refractivity contribution < 1.29 is 14.3 Å². The highest BCUT2D eigenvalue weighted by molar-refractivity contribution is 5.96. The van der Waals surface area contributed by atoms with Gasteiger partial charge in [0.15, 0.2) is 6.61 Å². The third-order valence-electron chi connectivity index (χ3n) is 2.60. The number of nitrogens with one attached hydrogen (secondary N) is 1. The summed E-state index contributed by atoms with van der Waals surface area (Å²) >= 11 is 0. The summed E-state index contributed by atoms with van der Waals surface area (Å²) < 4.78 is 5.39. The van der Waals surface area contributed by atoms with Crippen LogP contribution >= 0.6 is 0 Å². The summed E-state index contributed by atoms with van der Waals surface area (Å²) in [4.78, 5) is 24.1. The van der Waals surface area contributed by atoms with E-state index < -0.39 is 0 Å². The summed E-state index contributed by atoms with van der Waals surface area (Å²) in [6.45, 7) is 2.71. The van der Waals surface area contributed by atoms with Crippen molar-refractivity contribution in [3.63, 3.8) is 0 Å². The maximum atomic E-state index is 11.7. The second-order valence-electron chi connectivity index (χ2n) is 3.83. The van der Waals surface area contributed by atoms with Crippen LogP contribution in [0.1, 0.15) is 5.56 Å². The normalized spacial score (nSPS) is 14.6. The van der Waals surface area contributed by atoms with Crippen LogP contribution < -0.4 is 10.1 Å². The number of ether oxygens (including phenoxy) is 1. The summed E-state index contributed by atoms with van der Waals surface area (Å²) in [5, 5.41) is 2.57. The number of amides is 3. The van der Waals surface area contributed by atoms with Gasteiger partial charge in [0.2, 0.25) is 0 Å². The Morgan fingerprint density at radius 2 is 2.24 bits per heavy atom. The quantitative estimate of drug-likeness (QED) is 0.846. The van der Waals surface area contributed by atoms with Crippen LogP contribution in [-0.2, 0) is 4.79 Å². The van der Waals surface area contributed by atoms with Crippen LogP contribution in [0.5, 0.6) is 5.75 Å². The number of carbonyl (C=O) groups excluding carboxylic acids is 2. The van der Waals surface area contributed by atoms with Crippen LogP contribution in [0.15, 0.2) is 24.3 Å². The number of imide groups is 1. The van der Waals surface area contributed by atoms with E-state index >= 15 is 0 Å². The highest BCUT2D eigenvalue weighted by Crippen LogP contribution is 2.16. The number of benzene rings is 1. The summed E-state index contributed by atoms with van der Waals surface area (Å²) in [6.07, 6.45) is 0. The van der Waals surface area contributed by atoms with Crippen molar-refractivity contribution in [1.29, 1.82) is 0 Å². The third-order valence-corrected chi connectivity index (χ3v) is 2.60. The molecule has 1 aromatic carbocycles. The lowest BCUT2D eigenvalue weighted by Gasteiger charge is -2.13. The van der Waals surface area contributed by atoms with Crippen LogP contribution in [0.2, 0.25) is 0 Å². The number of carbonyl (C=O) groups is 2. The molecule has 0 aliphatic carbocycles. The fourth-order valence-electron chi connectivity index (χ4n) is 1.65. The van der Waals surface area contributed by atoms with Crippen LogP contribution in [0.3, 0.4) is 0 Å². The predicted molar refractivity (Wildman–Crippen MR) is 61.8 cm³/mol. The van der Waals surface area contributed by atoms with Gasteiger partial charge >= 0.3 is 6.03 Å². The summed E-state index contributed by atoms with van der Waals surface area (Å²) in [7, 11) is 0. The third kappa shape index (κ3) is 2.55. The van der Waals surface area contributed by atoms with E-state index in [1.165, 1.54) is 0 Å². The molecule has 17 heavy (non-hydrogen) atoms. The van der Waals surface area contributed by atoms with Crippen molar-refractivity contribution in [2.24, 2.45) is 0 Å². The molecule has 0 saturated carbocycles. The first-order valence-electron chi connectivity index (χ1n) is 5.45. The van der Waals surface area contributed by atoms with Gasteiger partial charge in [-0.1, -0.05) is 18.2 Å². The Labute approximate surface area is 99.4 Å². The molecule has 0 atom stereocenters. The number of urea groups is 1. The maximum absolute atomic E-state index is 11.7. The maximum Gasteiger partial charge on any atom is 0.324 e. The minimum absolute atomic E-state index is 0.113. The first kappa shape index (κ1) is 11.4. The van der Waals surface area contributed by atoms with Crippen molar-refractivity contribution >= 4 is 11.9 Å². The lowest BCUT2D eigenvalue weighted by Crippen LogP contribution is -2.37. The molecule has 5 nitrogen and oxygen atoms in total. The van der Waals surface area contributed by atoms with Crippen LogP contribution in [0.4, 0.5) is 4.79 Å². The van der Waals surface area contributed by atoms with Crippen molar-refractivity contribution in [3.05, 3.63) is 29.8 Å². The molecule has 0 bridgehead atoms. The summed E-state index contributed by atoms with van der Waals surface area (Å²) in [5.41, 5.74) is 0.964. The molecule has 1 heterocycles. The Bertz CT molecular complexity index is 445. The lowest BCUT2D eigenvalue weighted by molar-refractivity contribution is -0.129. The minimum Gasteiger partial charge on any atom is -0.483 e. The molecule has 1 aliphatic heterocycles. The Balaban J connectivity index is 1.92. The molecule has 90 valence electrons. The van der Waals surface area contributed by atoms with E-state index in [0.717, 1.165) is 10.5 Å². The number of rotatable bonds is 3. The monoisotopic (exact) mass is 234 g/mol. The minimum atomic E-state index is -0.344. The molecule has 3 amide bonds. The Morgan fingerprint density at radius 1 is 1.47 bits per heavy atom. The largest absolute Gasteiger partial charge is 0.483 e. The number of hydrogen-bond acceptors (Lipinski definition) is 3. The fourth-order valence-corrected chi connectivity index (χ4v) is 1.65. The molecule has 1 N–H and O–H groups in total. The van der Waals surface area contributed by atoms with E-state index in [1.807, 2.05) is 25.1 Å². The topological polar surface area (TPSA) is 58.6 Å². The second kappa shape index (κ2) is 4.86. The zero-order chi connectivity index (χ0) is 12.3. The fraction of sp³-hybridized carbons (Fsp3) is 0.333. The Hall–Kier alpha value is -2.04. The Kier molecular flexibility index (Phi) is 3.27. The first-order valence-corrected chi connectivity index (χ1v) is 5.45. The standard InChI is InChI=1S/C12H14N2O3/c1-9-4-2-3-5-10(9)17-8-11(15)14-7-6-13-12(14)16/h2-5H,6-8H2,1H3,(H,13,16). The second-order valence-corrected chi connectivity index (χ2v) is 3.83. The van der Waals surface area contributed by atoms with Gasteiger partial charge in [0.1, 0.15) is 5.75 Å². The number of para-hydroxylation sites is 1. The molecule has 0 spiro atoms. The predicted octanol–water partition coefficient (Wildman–Crippen LogP) is 0.926. The molecule has 5 heteroatoms. The van der Waals surface area contributed by atoms with Crippen molar-refractivity contribution in [2.45, 2.75) is 6.92 Å². The zero-order valence-corrected chi connectivity index (χ0v) is 9.60. The van der Waals surface area contributed by atoms with Crippen LogP contribution in [-0.4, -0.2) is 36.5 Å². The average molecular weight is 234 g/mol. The van der Waals surface area contributed by atoms with Gasteiger partial charge in [-0.3, -0.25) is 9.69 Å². The van der Waals surface area contributed by atoms with Gasteiger partial charge in [-0.25, -0.2) is 4.79 Å². The highest BCUT2D eigenvalue weighted by atomic mass is 16.5. The molecule has 2 rings (SSSR count). The lowest BCUT2D eigenvalue weighted by atomic mass is 10.2. The molecule has 0 unspecified atom stereocenters. The Morgan fingerprint density at radius 3 is 2.88 bits per heavy atom. The molecule has 1 aliphatic rings. The molecular weight excluding hydrogens is 220 g/mol. The van der Waals surface area contributed by atoms with Crippen LogP contribution in [0, 0.1) is 6.92 Å². The molecule has 1 aromatic rings. The molecule has 1 saturated heterocycles.